The van der Waals surface area contributed by atoms with Crippen molar-refractivity contribution in [2.45, 2.75) is 0 Å². The van der Waals surface area contributed by atoms with Crippen LogP contribution in [0.2, 0.25) is 0 Å². The van der Waals surface area contributed by atoms with E-state index in [1.165, 1.54) is 0 Å². The summed E-state index contributed by atoms with van der Waals surface area (Å²) in [6.07, 6.45) is 0. The molecule has 0 radical (unpaired) electrons. The zero-order valence-corrected chi connectivity index (χ0v) is 2.08. The zero-order valence-electron chi connectivity index (χ0n) is 1.33. The molecule has 0 aliphatic carbocycles. The van der Waals surface area contributed by atoms with Gasteiger partial charge in [-0.1, -0.05) is 0 Å². The Morgan fingerprint density at radius 1 is 1.20 bits per heavy atom. The molecule has 0 aliphatic heterocycles. The van der Waals surface area contributed by atoms with Crippen molar-refractivity contribution in [1.82, 2.24) is 0 Å². The fourth-order valence-electron chi connectivity index (χ4n) is 0. The molecule has 0 fully saturated rings. The van der Waals surface area contributed by atoms with Gasteiger partial charge >= 0.3 is 89.1 Å². The standard InChI is InChI=1S/Ca.ClHO.K.H2O.3H/c;1-2;;;;;/h;2H;;1H2;;;. The molecule has 0 saturated carbocycles. The SMILES string of the molecule is O.OCl.[CaH2].[KH]. The molecular weight excluding hydrogens is 147 g/mol. The first kappa shape index (κ1) is 24.3. The second-order valence-corrected chi connectivity index (χ2v) is 0. The van der Waals surface area contributed by atoms with E-state index in [2.05, 4.69) is 11.9 Å². The van der Waals surface area contributed by atoms with E-state index in [1.54, 1.807) is 0 Å². The van der Waals surface area contributed by atoms with Crippen molar-refractivity contribution < 1.29 is 10.1 Å². The van der Waals surface area contributed by atoms with Gasteiger partial charge in [0.2, 0.25) is 0 Å². The average Bonchev–Trinajstić information content (AvgIpc) is 1.00. The summed E-state index contributed by atoms with van der Waals surface area (Å²) in [6, 6.07) is 0. The third-order valence-corrected chi connectivity index (χ3v) is 0. The fraction of sp³-hybridized carbons (Fsp3) is 0. The van der Waals surface area contributed by atoms with Gasteiger partial charge in [-0.2, -0.15) is 0 Å². The Balaban J connectivity index is -0.00000000167. The van der Waals surface area contributed by atoms with Crippen molar-refractivity contribution in [2.24, 2.45) is 0 Å². The van der Waals surface area contributed by atoms with Crippen LogP contribution in [0.15, 0.2) is 0 Å². The van der Waals surface area contributed by atoms with Crippen LogP contribution in [0.5, 0.6) is 0 Å². The van der Waals surface area contributed by atoms with Crippen LogP contribution in [0.4, 0.5) is 0 Å². The topological polar surface area (TPSA) is 51.7 Å². The second-order valence-electron chi connectivity index (χ2n) is 0. The molecule has 0 spiro atoms. The molecule has 0 aliphatic rings. The first-order chi connectivity index (χ1) is 1.00. The summed E-state index contributed by atoms with van der Waals surface area (Å²) < 4.78 is 6.47. The maximum atomic E-state index is 6.47. The molecule has 28 valence electrons. The second kappa shape index (κ2) is 27.5. The average molecular weight is 153 g/mol. The van der Waals surface area contributed by atoms with Gasteiger partial charge in [-0.15, -0.1) is 0 Å². The van der Waals surface area contributed by atoms with Gasteiger partial charge < -0.3 is 5.48 Å². The van der Waals surface area contributed by atoms with E-state index in [4.69, 9.17) is 4.66 Å². The van der Waals surface area contributed by atoms with Gasteiger partial charge in [0, 0.05) is 0 Å². The minimum atomic E-state index is 0. The zero-order chi connectivity index (χ0) is 2.00. The molecule has 3 N–H and O–H groups in total. The van der Waals surface area contributed by atoms with E-state index in [0.717, 1.165) is 0 Å². The number of hydrogen-bond acceptors (Lipinski definition) is 1. The van der Waals surface area contributed by atoms with E-state index < -0.39 is 0 Å². The Bertz CT molecular complexity index is 9.61. The van der Waals surface area contributed by atoms with Crippen molar-refractivity contribution in [3.05, 3.63) is 0 Å². The Labute approximate surface area is 108 Å². The summed E-state index contributed by atoms with van der Waals surface area (Å²) in [7, 11) is 0. The third kappa shape index (κ3) is 19.2. The Morgan fingerprint density at radius 3 is 1.20 bits per heavy atom. The van der Waals surface area contributed by atoms with E-state index in [0.29, 0.717) is 0 Å². The van der Waals surface area contributed by atoms with Gasteiger partial charge in [0.1, 0.15) is 0 Å². The molecule has 0 unspecified atom stereocenters. The summed E-state index contributed by atoms with van der Waals surface area (Å²) in [5.74, 6) is 0. The first-order valence-corrected chi connectivity index (χ1v) is 0.507. The van der Waals surface area contributed by atoms with Gasteiger partial charge in [-0.05, 0) is 0 Å². The normalized spacial score (nSPS) is 1.20. The van der Waals surface area contributed by atoms with Crippen molar-refractivity contribution in [2.75, 3.05) is 0 Å². The molecule has 5 heavy (non-hydrogen) atoms. The predicted octanol–water partition coefficient (Wildman–Crippen LogP) is -2.26. The molecule has 0 rings (SSSR count). The molecule has 2 nitrogen and oxygen atoms in total. The van der Waals surface area contributed by atoms with Crippen LogP contribution in [-0.4, -0.2) is 99.3 Å². The number of hydrogen-bond donors (Lipinski definition) is 1. The van der Waals surface area contributed by atoms with Crippen molar-refractivity contribution in [1.29, 1.82) is 0 Å². The van der Waals surface area contributed by atoms with Crippen LogP contribution < -0.4 is 0 Å². The Kier molecular flexibility index (Phi) is 133. The van der Waals surface area contributed by atoms with E-state index in [9.17, 15) is 0 Å². The van der Waals surface area contributed by atoms with Crippen molar-refractivity contribution in [3.63, 3.8) is 0 Å². The molecular formula is H6CaClKO2. The van der Waals surface area contributed by atoms with Gasteiger partial charge in [0.25, 0.3) is 0 Å². The van der Waals surface area contributed by atoms with Crippen LogP contribution in [0.25, 0.3) is 0 Å². The summed E-state index contributed by atoms with van der Waals surface area (Å²) >= 11 is 3.64. The number of rotatable bonds is 0. The van der Waals surface area contributed by atoms with Gasteiger partial charge in [0.15, 0.2) is 0 Å². The molecule has 0 aromatic rings. The Hall–Kier alpha value is 3.11. The quantitative estimate of drug-likeness (QED) is 0.392. The van der Waals surface area contributed by atoms with Gasteiger partial charge in [0.05, 0.1) is 11.9 Å². The molecule has 0 aromatic heterocycles. The van der Waals surface area contributed by atoms with E-state index >= 15 is 0 Å². The van der Waals surface area contributed by atoms with Crippen LogP contribution in [0.3, 0.4) is 0 Å². The molecule has 5 heteroatoms. The van der Waals surface area contributed by atoms with Crippen LogP contribution in [-0.2, 0) is 0 Å². The summed E-state index contributed by atoms with van der Waals surface area (Å²) in [6.45, 7) is 0. The number of halogens is 1. The Morgan fingerprint density at radius 2 is 1.20 bits per heavy atom. The molecule has 0 bridgehead atoms. The molecule has 0 heterocycles. The third-order valence-electron chi connectivity index (χ3n) is 0. The molecule has 0 atom stereocenters. The molecule has 0 aromatic carbocycles. The first-order valence-electron chi connectivity index (χ1n) is 0.169. The van der Waals surface area contributed by atoms with E-state index in [-0.39, 0.29) is 94.6 Å². The molecule has 0 saturated heterocycles. The summed E-state index contributed by atoms with van der Waals surface area (Å²) in [5, 5.41) is 0. The maximum absolute atomic E-state index is 6.47. The summed E-state index contributed by atoms with van der Waals surface area (Å²) in [5.41, 5.74) is 0. The molecule has 0 amide bonds. The fourth-order valence-corrected chi connectivity index (χ4v) is 0. The predicted molar refractivity (Wildman–Crippen MR) is 27.4 cm³/mol. The van der Waals surface area contributed by atoms with E-state index in [1.807, 2.05) is 0 Å². The van der Waals surface area contributed by atoms with Gasteiger partial charge in [-0.25, -0.2) is 0 Å². The van der Waals surface area contributed by atoms with Crippen molar-refractivity contribution >= 4 is 101 Å². The van der Waals surface area contributed by atoms with Crippen molar-refractivity contribution in [3.8, 4) is 0 Å². The van der Waals surface area contributed by atoms with Crippen LogP contribution in [0, 0.1) is 0 Å². The van der Waals surface area contributed by atoms with Crippen LogP contribution in [0.1, 0.15) is 0 Å². The van der Waals surface area contributed by atoms with Gasteiger partial charge in [-0.3, -0.25) is 4.66 Å². The van der Waals surface area contributed by atoms with Crippen LogP contribution >= 0.6 is 11.9 Å². The minimum absolute atomic E-state index is 0. The monoisotopic (exact) mass is 152 g/mol. The summed E-state index contributed by atoms with van der Waals surface area (Å²) in [4.78, 5) is 0.